The number of aromatic nitrogens is 1. The molecule has 0 spiro atoms. The van der Waals surface area contributed by atoms with Crippen LogP contribution in [0.5, 0.6) is 23.3 Å². The van der Waals surface area contributed by atoms with E-state index in [1.54, 1.807) is 25.3 Å². The molecule has 7 nitrogen and oxygen atoms in total. The van der Waals surface area contributed by atoms with Crippen LogP contribution in [0, 0.1) is 0 Å². The number of carbonyl (C=O) groups excluding carboxylic acids is 1. The van der Waals surface area contributed by atoms with E-state index in [0.717, 1.165) is 30.3 Å². The van der Waals surface area contributed by atoms with E-state index in [0.29, 0.717) is 17.1 Å². The van der Waals surface area contributed by atoms with Gasteiger partial charge >= 0.3 is 0 Å². The average Bonchev–Trinajstić information content (AvgIpc) is 3.19. The van der Waals surface area contributed by atoms with E-state index in [4.69, 9.17) is 9.47 Å². The zero-order chi connectivity index (χ0) is 18.0. The summed E-state index contributed by atoms with van der Waals surface area (Å²) in [5.74, 6) is 0.320. The Hall–Kier alpha value is -2.83. The van der Waals surface area contributed by atoms with Crippen molar-refractivity contribution in [1.29, 1.82) is 0 Å². The maximum Gasteiger partial charge on any atom is 0.255 e. The molecule has 1 saturated carbocycles. The van der Waals surface area contributed by atoms with Gasteiger partial charge in [-0.3, -0.25) is 9.36 Å². The fourth-order valence-electron chi connectivity index (χ4n) is 2.96. The molecule has 0 bridgehead atoms. The molecule has 1 aliphatic rings. The minimum Gasteiger partial charge on any atom is -0.494 e. The van der Waals surface area contributed by atoms with Crippen LogP contribution in [0.4, 0.5) is 5.69 Å². The highest BCUT2D eigenvalue weighted by Gasteiger charge is 2.20. The summed E-state index contributed by atoms with van der Waals surface area (Å²) < 4.78 is 12.5. The fraction of sp³-hybridized carbons (Fsp3) is 0.389. The molecule has 1 aromatic carbocycles. The number of ether oxygens (including phenoxy) is 2. The van der Waals surface area contributed by atoms with Crippen LogP contribution in [-0.2, 0) is 7.05 Å². The van der Waals surface area contributed by atoms with Crippen LogP contribution in [0.2, 0.25) is 0 Å². The number of rotatable bonds is 5. The molecular formula is C18H22N2O5. The van der Waals surface area contributed by atoms with Crippen LogP contribution in [0.3, 0.4) is 0 Å². The van der Waals surface area contributed by atoms with Crippen LogP contribution in [0.15, 0.2) is 24.3 Å². The van der Waals surface area contributed by atoms with Gasteiger partial charge in [0.1, 0.15) is 5.69 Å². The molecule has 1 aliphatic carbocycles. The topological polar surface area (TPSA) is 93.0 Å². The number of carbonyl (C=O) groups is 1. The predicted molar refractivity (Wildman–Crippen MR) is 92.6 cm³/mol. The van der Waals surface area contributed by atoms with Crippen LogP contribution < -0.4 is 14.8 Å². The van der Waals surface area contributed by atoms with Crippen LogP contribution in [-0.4, -0.2) is 33.9 Å². The molecule has 3 N–H and O–H groups in total. The van der Waals surface area contributed by atoms with Gasteiger partial charge in [0.2, 0.25) is 5.88 Å². The zero-order valence-corrected chi connectivity index (χ0v) is 14.3. The van der Waals surface area contributed by atoms with Gasteiger partial charge in [0.05, 0.1) is 13.2 Å². The Bertz CT molecular complexity index is 778. The molecule has 134 valence electrons. The fourth-order valence-corrected chi connectivity index (χ4v) is 2.96. The lowest BCUT2D eigenvalue weighted by Crippen LogP contribution is -2.14. The Kier molecular flexibility index (Phi) is 4.74. The third-order valence-corrected chi connectivity index (χ3v) is 4.45. The number of amides is 1. The van der Waals surface area contributed by atoms with E-state index in [-0.39, 0.29) is 23.6 Å². The number of aromatic hydroxyl groups is 2. The van der Waals surface area contributed by atoms with Gasteiger partial charge in [-0.05, 0) is 43.9 Å². The second kappa shape index (κ2) is 6.96. The predicted octanol–water partition coefficient (Wildman–Crippen LogP) is 3.02. The van der Waals surface area contributed by atoms with E-state index in [9.17, 15) is 15.0 Å². The number of anilines is 1. The van der Waals surface area contributed by atoms with Crippen molar-refractivity contribution in [2.24, 2.45) is 7.05 Å². The Labute approximate surface area is 145 Å². The maximum atomic E-state index is 12.5. The summed E-state index contributed by atoms with van der Waals surface area (Å²) in [6.07, 6.45) is 4.42. The molecule has 0 unspecified atom stereocenters. The molecule has 7 heteroatoms. The minimum absolute atomic E-state index is 0.138. The number of nitrogens with zero attached hydrogens (tertiary/aromatic N) is 1. The molecule has 0 aliphatic heterocycles. The number of methoxy groups -OCH3 is 1. The van der Waals surface area contributed by atoms with Crippen molar-refractivity contribution in [3.05, 3.63) is 29.8 Å². The standard InChI is InChI=1S/C18H22N2O5/c1-20-16(21)10-13(18(20)23)19-17(22)11-7-8-14(24-2)15(9-11)25-12-5-3-4-6-12/h7-10,12,21,23H,3-6H2,1-2H3,(H,19,22). The summed E-state index contributed by atoms with van der Waals surface area (Å²) >= 11 is 0. The van der Waals surface area contributed by atoms with Gasteiger partial charge in [-0.15, -0.1) is 0 Å². The van der Waals surface area contributed by atoms with E-state index >= 15 is 0 Å². The number of nitrogens with one attached hydrogen (secondary N) is 1. The quantitative estimate of drug-likeness (QED) is 0.774. The van der Waals surface area contributed by atoms with Gasteiger partial charge in [-0.25, -0.2) is 0 Å². The number of hydrogen-bond donors (Lipinski definition) is 3. The van der Waals surface area contributed by atoms with Gasteiger partial charge < -0.3 is 25.0 Å². The highest BCUT2D eigenvalue weighted by Crippen LogP contribution is 2.34. The van der Waals surface area contributed by atoms with Gasteiger partial charge in [0.15, 0.2) is 17.4 Å². The second-order valence-corrected chi connectivity index (χ2v) is 6.14. The molecule has 0 radical (unpaired) electrons. The lowest BCUT2D eigenvalue weighted by Gasteiger charge is -2.16. The molecule has 0 atom stereocenters. The number of hydrogen-bond acceptors (Lipinski definition) is 5. The molecule has 1 heterocycles. The second-order valence-electron chi connectivity index (χ2n) is 6.14. The van der Waals surface area contributed by atoms with Crippen molar-refractivity contribution < 1.29 is 24.5 Å². The Morgan fingerprint density at radius 2 is 1.92 bits per heavy atom. The van der Waals surface area contributed by atoms with Crippen LogP contribution in [0.1, 0.15) is 36.0 Å². The maximum absolute atomic E-state index is 12.5. The molecule has 1 aromatic heterocycles. The molecule has 25 heavy (non-hydrogen) atoms. The summed E-state index contributed by atoms with van der Waals surface area (Å²) in [7, 11) is 3.04. The van der Waals surface area contributed by atoms with Crippen molar-refractivity contribution in [2.45, 2.75) is 31.8 Å². The highest BCUT2D eigenvalue weighted by atomic mass is 16.5. The van der Waals surface area contributed by atoms with Crippen molar-refractivity contribution in [1.82, 2.24) is 4.57 Å². The molecule has 2 aromatic rings. The summed E-state index contributed by atoms with van der Waals surface area (Å²) in [6, 6.07) is 6.22. The molecule has 1 fully saturated rings. The van der Waals surface area contributed by atoms with E-state index in [1.165, 1.54) is 13.1 Å². The van der Waals surface area contributed by atoms with Gasteiger partial charge in [-0.1, -0.05) is 0 Å². The first-order valence-electron chi connectivity index (χ1n) is 8.23. The smallest absolute Gasteiger partial charge is 0.255 e. The first-order valence-corrected chi connectivity index (χ1v) is 8.23. The molecular weight excluding hydrogens is 324 g/mol. The third kappa shape index (κ3) is 3.50. The lowest BCUT2D eigenvalue weighted by atomic mass is 10.1. The largest absolute Gasteiger partial charge is 0.494 e. The van der Waals surface area contributed by atoms with E-state index < -0.39 is 5.91 Å². The first-order chi connectivity index (χ1) is 12.0. The molecule has 0 saturated heterocycles. The number of benzene rings is 1. The van der Waals surface area contributed by atoms with E-state index in [1.807, 2.05) is 0 Å². The van der Waals surface area contributed by atoms with Crippen molar-refractivity contribution >= 4 is 11.6 Å². The summed E-state index contributed by atoms with van der Waals surface area (Å²) in [4.78, 5) is 12.5. The highest BCUT2D eigenvalue weighted by molar-refractivity contribution is 6.05. The average molecular weight is 346 g/mol. The zero-order valence-electron chi connectivity index (χ0n) is 14.3. The normalized spacial score (nSPS) is 14.5. The molecule has 3 rings (SSSR count). The summed E-state index contributed by atoms with van der Waals surface area (Å²) in [5.41, 5.74) is 0.510. The Morgan fingerprint density at radius 3 is 2.52 bits per heavy atom. The van der Waals surface area contributed by atoms with Crippen molar-refractivity contribution in [2.75, 3.05) is 12.4 Å². The van der Waals surface area contributed by atoms with E-state index in [2.05, 4.69) is 5.32 Å². The SMILES string of the molecule is COc1ccc(C(=O)Nc2cc(O)n(C)c2O)cc1OC1CCCC1. The third-order valence-electron chi connectivity index (χ3n) is 4.45. The van der Waals surface area contributed by atoms with Crippen molar-refractivity contribution in [3.8, 4) is 23.3 Å². The van der Waals surface area contributed by atoms with Gasteiger partial charge in [-0.2, -0.15) is 0 Å². The molecule has 1 amide bonds. The van der Waals surface area contributed by atoms with Crippen LogP contribution >= 0.6 is 0 Å². The monoisotopic (exact) mass is 346 g/mol. The Balaban J connectivity index is 1.80. The van der Waals surface area contributed by atoms with Crippen LogP contribution in [0.25, 0.3) is 0 Å². The summed E-state index contributed by atoms with van der Waals surface area (Å²) in [5, 5.41) is 22.1. The van der Waals surface area contributed by atoms with Gasteiger partial charge in [0, 0.05) is 18.7 Å². The first kappa shape index (κ1) is 17.0. The Morgan fingerprint density at radius 1 is 1.20 bits per heavy atom. The minimum atomic E-state index is -0.417. The van der Waals surface area contributed by atoms with Gasteiger partial charge in [0.25, 0.3) is 5.91 Å². The summed E-state index contributed by atoms with van der Waals surface area (Å²) in [6.45, 7) is 0. The lowest BCUT2D eigenvalue weighted by molar-refractivity contribution is 0.102. The van der Waals surface area contributed by atoms with Crippen molar-refractivity contribution in [3.63, 3.8) is 0 Å².